The third kappa shape index (κ3) is 3.55. The summed E-state index contributed by atoms with van der Waals surface area (Å²) in [4.78, 5) is 25.4. The Hall–Kier alpha value is -1.89. The molecule has 0 unspecified atom stereocenters. The molecular weight excluding hydrogens is 318 g/mol. The van der Waals surface area contributed by atoms with Crippen LogP contribution >= 0.6 is 0 Å². The summed E-state index contributed by atoms with van der Waals surface area (Å²) in [6.45, 7) is 3.97. The molecule has 1 aromatic rings. The minimum Gasteiger partial charge on any atom is -0.481 e. The number of carbonyl (C=O) groups is 2. The van der Waals surface area contributed by atoms with Crippen LogP contribution in [0.3, 0.4) is 0 Å². The summed E-state index contributed by atoms with van der Waals surface area (Å²) in [5.41, 5.74) is -0.546. The van der Waals surface area contributed by atoms with Crippen molar-refractivity contribution in [2.45, 2.75) is 31.6 Å². The average molecular weight is 339 g/mol. The van der Waals surface area contributed by atoms with Crippen LogP contribution in [0.4, 0.5) is 0 Å². The van der Waals surface area contributed by atoms with Crippen LogP contribution in [0, 0.1) is 5.41 Å². The summed E-state index contributed by atoms with van der Waals surface area (Å²) < 4.78 is 23.9. The number of rotatable bonds is 5. The van der Waals surface area contributed by atoms with E-state index in [1.54, 1.807) is 13.8 Å². The molecule has 0 bridgehead atoms. The second-order valence-electron chi connectivity index (χ2n) is 6.19. The fourth-order valence-electron chi connectivity index (χ4n) is 2.68. The molecule has 1 aromatic carbocycles. The molecule has 6 nitrogen and oxygen atoms in total. The van der Waals surface area contributed by atoms with Gasteiger partial charge in [-0.3, -0.25) is 9.59 Å². The van der Waals surface area contributed by atoms with Crippen molar-refractivity contribution in [2.24, 2.45) is 5.41 Å². The number of amides is 1. The lowest BCUT2D eigenvalue weighted by Gasteiger charge is -2.20. The Morgan fingerprint density at radius 3 is 2.35 bits per heavy atom. The van der Waals surface area contributed by atoms with E-state index in [1.165, 1.54) is 29.2 Å². The van der Waals surface area contributed by atoms with Crippen molar-refractivity contribution >= 4 is 21.7 Å². The fourth-order valence-corrected chi connectivity index (χ4v) is 4.01. The maximum absolute atomic E-state index is 12.4. The molecule has 2 rings (SSSR count). The summed E-state index contributed by atoms with van der Waals surface area (Å²) in [5.74, 6) is -1.10. The van der Waals surface area contributed by atoms with Gasteiger partial charge in [-0.1, -0.05) is 6.92 Å². The van der Waals surface area contributed by atoms with Crippen LogP contribution < -0.4 is 0 Å². The van der Waals surface area contributed by atoms with Crippen molar-refractivity contribution < 1.29 is 23.1 Å². The molecule has 0 aliphatic carbocycles. The second-order valence-corrected chi connectivity index (χ2v) is 8.29. The summed E-state index contributed by atoms with van der Waals surface area (Å²) in [6.07, 6.45) is 0.946. The van der Waals surface area contributed by atoms with Crippen LogP contribution in [0.1, 0.15) is 37.0 Å². The molecule has 1 fully saturated rings. The van der Waals surface area contributed by atoms with Crippen molar-refractivity contribution in [3.05, 3.63) is 29.8 Å². The molecule has 0 saturated carbocycles. The van der Waals surface area contributed by atoms with Gasteiger partial charge in [-0.05, 0) is 44.0 Å². The van der Waals surface area contributed by atoms with Gasteiger partial charge >= 0.3 is 5.97 Å². The minimum atomic E-state index is -3.30. The number of nitrogens with zero attached hydrogens (tertiary/aromatic N) is 1. The lowest BCUT2D eigenvalue weighted by atomic mass is 9.90. The van der Waals surface area contributed by atoms with E-state index in [0.717, 1.165) is 0 Å². The molecule has 1 aliphatic heterocycles. The van der Waals surface area contributed by atoms with E-state index < -0.39 is 21.2 Å². The summed E-state index contributed by atoms with van der Waals surface area (Å²) in [6, 6.07) is 5.85. The molecule has 126 valence electrons. The summed E-state index contributed by atoms with van der Waals surface area (Å²) in [5, 5.41) is 9.21. The van der Waals surface area contributed by atoms with E-state index in [2.05, 4.69) is 0 Å². The van der Waals surface area contributed by atoms with Gasteiger partial charge in [0.2, 0.25) is 0 Å². The van der Waals surface area contributed by atoms with Gasteiger partial charge in [0.15, 0.2) is 9.84 Å². The van der Waals surface area contributed by atoms with E-state index in [0.29, 0.717) is 24.9 Å². The van der Waals surface area contributed by atoms with Crippen molar-refractivity contribution in [3.8, 4) is 0 Å². The maximum atomic E-state index is 12.4. The normalized spacial score (nSPS) is 21.4. The number of carboxylic acids is 1. The first-order chi connectivity index (χ1) is 10.7. The highest BCUT2D eigenvalue weighted by atomic mass is 32.2. The quantitative estimate of drug-likeness (QED) is 0.883. The van der Waals surface area contributed by atoms with Crippen LogP contribution in [0.5, 0.6) is 0 Å². The first kappa shape index (κ1) is 17.5. The van der Waals surface area contributed by atoms with Gasteiger partial charge in [-0.15, -0.1) is 0 Å². The average Bonchev–Trinajstić information content (AvgIpc) is 2.90. The molecular formula is C16H21NO5S. The lowest BCUT2D eigenvalue weighted by molar-refractivity contribution is -0.147. The molecule has 1 saturated heterocycles. The Kier molecular flexibility index (Phi) is 4.79. The molecule has 1 amide bonds. The Morgan fingerprint density at radius 2 is 1.87 bits per heavy atom. The van der Waals surface area contributed by atoms with Crippen LogP contribution in [-0.4, -0.2) is 49.1 Å². The number of hydrogen-bond acceptors (Lipinski definition) is 4. The number of benzene rings is 1. The van der Waals surface area contributed by atoms with Gasteiger partial charge in [0.1, 0.15) is 0 Å². The van der Waals surface area contributed by atoms with Gasteiger partial charge in [0, 0.05) is 18.7 Å². The molecule has 0 spiro atoms. The van der Waals surface area contributed by atoms with Gasteiger partial charge in [0.05, 0.1) is 16.1 Å². The summed E-state index contributed by atoms with van der Waals surface area (Å²) in [7, 11) is -3.30. The van der Waals surface area contributed by atoms with Crippen molar-refractivity contribution in [3.63, 3.8) is 0 Å². The van der Waals surface area contributed by atoms with E-state index in [9.17, 15) is 23.1 Å². The van der Waals surface area contributed by atoms with Crippen LogP contribution in [0.15, 0.2) is 29.2 Å². The van der Waals surface area contributed by atoms with Crippen LogP contribution in [0.2, 0.25) is 0 Å². The molecule has 7 heteroatoms. The molecule has 0 aromatic heterocycles. The Labute approximate surface area is 136 Å². The van der Waals surface area contributed by atoms with Gasteiger partial charge in [-0.25, -0.2) is 8.42 Å². The number of sulfone groups is 1. The predicted octanol–water partition coefficient (Wildman–Crippen LogP) is 1.81. The topological polar surface area (TPSA) is 91.8 Å². The van der Waals surface area contributed by atoms with E-state index in [1.807, 2.05) is 0 Å². The van der Waals surface area contributed by atoms with Crippen molar-refractivity contribution in [1.29, 1.82) is 0 Å². The number of aliphatic carboxylic acids is 1. The minimum absolute atomic E-state index is 0.0728. The smallest absolute Gasteiger partial charge is 0.311 e. The van der Waals surface area contributed by atoms with Crippen LogP contribution in [-0.2, 0) is 14.6 Å². The van der Waals surface area contributed by atoms with Gasteiger partial charge in [0.25, 0.3) is 5.91 Å². The van der Waals surface area contributed by atoms with E-state index in [4.69, 9.17) is 0 Å². The molecule has 23 heavy (non-hydrogen) atoms. The number of carbonyl (C=O) groups excluding carboxylic acids is 1. The highest BCUT2D eigenvalue weighted by Crippen LogP contribution is 2.31. The Bertz CT molecular complexity index is 710. The Balaban J connectivity index is 2.15. The zero-order valence-corrected chi connectivity index (χ0v) is 14.1. The van der Waals surface area contributed by atoms with E-state index in [-0.39, 0.29) is 23.1 Å². The highest BCUT2D eigenvalue weighted by molar-refractivity contribution is 7.91. The molecule has 1 heterocycles. The number of hydrogen-bond donors (Lipinski definition) is 1. The maximum Gasteiger partial charge on any atom is 0.311 e. The number of likely N-dealkylation sites (tertiary alicyclic amines) is 1. The summed E-state index contributed by atoms with van der Waals surface area (Å²) >= 11 is 0. The Morgan fingerprint density at radius 1 is 1.26 bits per heavy atom. The zero-order chi connectivity index (χ0) is 17.3. The SMILES string of the molecule is CCCS(=O)(=O)c1ccc(C(=O)N2CC[C@@](C)(C(=O)O)C2)cc1. The van der Waals surface area contributed by atoms with Crippen molar-refractivity contribution in [1.82, 2.24) is 4.90 Å². The first-order valence-electron chi connectivity index (χ1n) is 7.55. The predicted molar refractivity (Wildman–Crippen MR) is 85.0 cm³/mol. The number of carboxylic acid groups (broad SMARTS) is 1. The molecule has 1 N–H and O–H groups in total. The van der Waals surface area contributed by atoms with Crippen molar-refractivity contribution in [2.75, 3.05) is 18.8 Å². The third-order valence-corrected chi connectivity index (χ3v) is 6.15. The van der Waals surface area contributed by atoms with E-state index >= 15 is 0 Å². The zero-order valence-electron chi connectivity index (χ0n) is 13.3. The molecule has 1 atom stereocenters. The van der Waals surface area contributed by atoms with Crippen LogP contribution in [0.25, 0.3) is 0 Å². The fraction of sp³-hybridized carbons (Fsp3) is 0.500. The highest BCUT2D eigenvalue weighted by Gasteiger charge is 2.42. The monoisotopic (exact) mass is 339 g/mol. The third-order valence-electron chi connectivity index (χ3n) is 4.21. The molecule has 1 aliphatic rings. The molecule has 0 radical (unpaired) electrons. The second kappa shape index (κ2) is 6.31. The lowest BCUT2D eigenvalue weighted by Crippen LogP contribution is -2.34. The van der Waals surface area contributed by atoms with Gasteiger partial charge < -0.3 is 10.0 Å². The first-order valence-corrected chi connectivity index (χ1v) is 9.20. The largest absolute Gasteiger partial charge is 0.481 e. The van der Waals surface area contributed by atoms with Gasteiger partial charge in [-0.2, -0.15) is 0 Å². The standard InChI is InChI=1S/C16H21NO5S/c1-3-10-23(21,22)13-6-4-12(5-7-13)14(18)17-9-8-16(2,11-17)15(19)20/h4-7H,3,8-11H2,1-2H3,(H,19,20)/t16-/m1/s1.